The lowest BCUT2D eigenvalue weighted by molar-refractivity contribution is -0.149. The third-order valence-corrected chi connectivity index (χ3v) is 6.60. The normalized spacial score (nSPS) is 15.1. The van der Waals surface area contributed by atoms with Crippen LogP contribution in [0.1, 0.15) is 27.7 Å². The highest BCUT2D eigenvalue weighted by Crippen LogP contribution is 2.44. The molecular formula is C21H28ClN6O5P. The minimum Gasteiger partial charge on any atom is -0.462 e. The van der Waals surface area contributed by atoms with Crippen LogP contribution in [0.3, 0.4) is 0 Å². The van der Waals surface area contributed by atoms with Crippen LogP contribution in [0.4, 0.5) is 5.82 Å². The molecule has 0 aliphatic heterocycles. The number of hydrogen-bond donors (Lipinski definition) is 2. The average Bonchev–Trinajstić information content (AvgIpc) is 3.17. The van der Waals surface area contributed by atoms with Crippen LogP contribution in [-0.2, 0) is 25.4 Å². The van der Waals surface area contributed by atoms with Gasteiger partial charge in [0.1, 0.15) is 30.0 Å². The van der Waals surface area contributed by atoms with E-state index in [9.17, 15) is 9.36 Å². The lowest BCUT2D eigenvalue weighted by Gasteiger charge is -2.25. The number of esters is 1. The molecule has 0 spiro atoms. The van der Waals surface area contributed by atoms with E-state index in [4.69, 9.17) is 31.3 Å². The lowest BCUT2D eigenvalue weighted by Crippen LogP contribution is -2.37. The molecule has 3 rings (SSSR count). The van der Waals surface area contributed by atoms with Gasteiger partial charge in [-0.15, -0.1) is 0 Å². The molecule has 3 N–H and O–H groups in total. The fourth-order valence-electron chi connectivity index (χ4n) is 3.03. The van der Waals surface area contributed by atoms with Crippen molar-refractivity contribution in [2.24, 2.45) is 0 Å². The Morgan fingerprint density at radius 3 is 2.56 bits per heavy atom. The summed E-state index contributed by atoms with van der Waals surface area (Å²) in [7, 11) is -3.70. The van der Waals surface area contributed by atoms with E-state index in [0.717, 1.165) is 0 Å². The van der Waals surface area contributed by atoms with Crippen molar-refractivity contribution in [3.8, 4) is 5.75 Å². The minimum atomic E-state index is -3.70. The molecule has 0 aliphatic carbocycles. The van der Waals surface area contributed by atoms with Crippen molar-refractivity contribution in [1.29, 1.82) is 0 Å². The molecule has 1 aromatic carbocycles. The number of hydrogen-bond acceptors (Lipinski definition) is 9. The maximum absolute atomic E-state index is 13.7. The Hall–Kier alpha value is -2.72. The van der Waals surface area contributed by atoms with Gasteiger partial charge in [0.25, 0.3) is 0 Å². The van der Waals surface area contributed by atoms with Crippen LogP contribution in [0.2, 0.25) is 5.02 Å². The van der Waals surface area contributed by atoms with Crippen LogP contribution in [0.5, 0.6) is 5.75 Å². The molecule has 13 heteroatoms. The SMILES string of the molecule is CC(C)OC(=O)[C@H](C)NP(=O)(CO[C@H](C)Cn1cnc2c(N)ncnc21)Oc1ccc(Cl)cc1. The van der Waals surface area contributed by atoms with Crippen molar-refractivity contribution in [3.05, 3.63) is 41.9 Å². The van der Waals surface area contributed by atoms with Gasteiger partial charge >= 0.3 is 13.5 Å². The third kappa shape index (κ3) is 6.89. The summed E-state index contributed by atoms with van der Waals surface area (Å²) in [4.78, 5) is 24.6. The Balaban J connectivity index is 1.71. The number of nitrogens with one attached hydrogen (secondary N) is 1. The standard InChI is InChI=1S/C21H28ClN6O5P/c1-13(2)32-21(29)15(4)27-34(30,33-17-7-5-16(22)6-8-17)12-31-14(3)9-28-11-26-18-19(23)24-10-25-20(18)28/h5-8,10-11,13-15H,9,12H2,1-4H3,(H,27,30)(H2,23,24,25)/t14-,15+,34?/m1/s1. The monoisotopic (exact) mass is 510 g/mol. The lowest BCUT2D eigenvalue weighted by atomic mass is 10.3. The molecular weight excluding hydrogens is 483 g/mol. The Labute approximate surface area is 202 Å². The van der Waals surface area contributed by atoms with Gasteiger partial charge in [0.15, 0.2) is 11.5 Å². The molecule has 0 saturated carbocycles. The highest BCUT2D eigenvalue weighted by atomic mass is 35.5. The number of fused-ring (bicyclic) bond motifs is 1. The first-order valence-electron chi connectivity index (χ1n) is 10.6. The first-order chi connectivity index (χ1) is 16.1. The van der Waals surface area contributed by atoms with Crippen molar-refractivity contribution in [3.63, 3.8) is 0 Å². The first kappa shape index (κ1) is 25.9. The van der Waals surface area contributed by atoms with Gasteiger partial charge in [-0.25, -0.2) is 20.0 Å². The maximum Gasteiger partial charge on any atom is 0.342 e. The molecule has 1 unspecified atom stereocenters. The van der Waals surface area contributed by atoms with Crippen molar-refractivity contribution in [2.45, 2.75) is 52.5 Å². The van der Waals surface area contributed by atoms with Gasteiger partial charge in [0.2, 0.25) is 0 Å². The van der Waals surface area contributed by atoms with Gasteiger partial charge < -0.3 is 24.3 Å². The predicted molar refractivity (Wildman–Crippen MR) is 129 cm³/mol. The van der Waals surface area contributed by atoms with Crippen molar-refractivity contribution in [2.75, 3.05) is 12.1 Å². The molecule has 0 fully saturated rings. The van der Waals surface area contributed by atoms with E-state index in [-0.39, 0.29) is 18.3 Å². The number of anilines is 1. The Morgan fingerprint density at radius 2 is 1.88 bits per heavy atom. The van der Waals surface area contributed by atoms with Crippen molar-refractivity contribution < 1.29 is 23.4 Å². The number of nitrogens with two attached hydrogens (primary N) is 1. The molecule has 2 heterocycles. The van der Waals surface area contributed by atoms with E-state index in [1.165, 1.54) is 6.33 Å². The van der Waals surface area contributed by atoms with E-state index in [0.29, 0.717) is 28.5 Å². The maximum atomic E-state index is 13.7. The van der Waals surface area contributed by atoms with Crippen LogP contribution in [0, 0.1) is 0 Å². The number of rotatable bonds is 11. The zero-order valence-electron chi connectivity index (χ0n) is 19.3. The number of nitrogens with zero attached hydrogens (tertiary/aromatic N) is 4. The molecule has 184 valence electrons. The number of carbonyl (C=O) groups excluding carboxylic acids is 1. The van der Waals surface area contributed by atoms with Gasteiger partial charge in [-0.05, 0) is 52.0 Å². The van der Waals surface area contributed by atoms with Crippen molar-refractivity contribution >= 4 is 42.1 Å². The van der Waals surface area contributed by atoms with E-state index >= 15 is 0 Å². The fourth-order valence-corrected chi connectivity index (χ4v) is 4.94. The van der Waals surface area contributed by atoms with Gasteiger partial charge in [0.05, 0.1) is 25.1 Å². The molecule has 0 radical (unpaired) electrons. The zero-order chi connectivity index (χ0) is 24.9. The Kier molecular flexibility index (Phi) is 8.48. The first-order valence-corrected chi connectivity index (χ1v) is 12.8. The van der Waals surface area contributed by atoms with E-state index in [1.807, 2.05) is 0 Å². The summed E-state index contributed by atoms with van der Waals surface area (Å²) in [5, 5.41) is 3.26. The summed E-state index contributed by atoms with van der Waals surface area (Å²) in [6.45, 7) is 7.18. The zero-order valence-corrected chi connectivity index (χ0v) is 21.0. The number of aromatic nitrogens is 4. The molecule has 3 aromatic rings. The summed E-state index contributed by atoms with van der Waals surface area (Å²) >= 11 is 5.93. The van der Waals surface area contributed by atoms with Crippen LogP contribution in [0.25, 0.3) is 11.2 Å². The molecule has 2 aromatic heterocycles. The topological polar surface area (TPSA) is 143 Å². The van der Waals surface area contributed by atoms with Crippen molar-refractivity contribution in [1.82, 2.24) is 24.6 Å². The highest BCUT2D eigenvalue weighted by Gasteiger charge is 2.32. The molecule has 0 saturated heterocycles. The van der Waals surface area contributed by atoms with Gasteiger partial charge in [-0.1, -0.05) is 11.6 Å². The summed E-state index contributed by atoms with van der Waals surface area (Å²) in [5.41, 5.74) is 6.89. The number of imidazole rings is 1. The summed E-state index contributed by atoms with van der Waals surface area (Å²) in [6, 6.07) is 5.49. The highest BCUT2D eigenvalue weighted by molar-refractivity contribution is 7.57. The molecule has 0 aliphatic rings. The van der Waals surface area contributed by atoms with Gasteiger partial charge in [-0.3, -0.25) is 9.36 Å². The van der Waals surface area contributed by atoms with E-state index in [2.05, 4.69) is 20.0 Å². The molecule has 3 atom stereocenters. The molecule has 0 bridgehead atoms. The van der Waals surface area contributed by atoms with Crippen LogP contribution in [0.15, 0.2) is 36.9 Å². The number of carbonyl (C=O) groups is 1. The molecule has 0 amide bonds. The third-order valence-electron chi connectivity index (χ3n) is 4.57. The average molecular weight is 511 g/mol. The quantitative estimate of drug-likeness (QED) is 0.290. The van der Waals surface area contributed by atoms with Crippen LogP contribution < -0.4 is 15.3 Å². The predicted octanol–water partition coefficient (Wildman–Crippen LogP) is 3.63. The van der Waals surface area contributed by atoms with E-state index in [1.54, 1.807) is 62.9 Å². The van der Waals surface area contributed by atoms with Crippen LogP contribution >= 0.6 is 19.1 Å². The number of ether oxygens (including phenoxy) is 2. The number of nitrogen functional groups attached to an aromatic ring is 1. The van der Waals surface area contributed by atoms with Gasteiger partial charge in [0, 0.05) is 5.02 Å². The molecule has 11 nitrogen and oxygen atoms in total. The Bertz CT molecular complexity index is 1170. The second-order valence-corrected chi connectivity index (χ2v) is 10.5. The second kappa shape index (κ2) is 11.1. The Morgan fingerprint density at radius 1 is 1.18 bits per heavy atom. The smallest absolute Gasteiger partial charge is 0.342 e. The largest absolute Gasteiger partial charge is 0.462 e. The van der Waals surface area contributed by atoms with Gasteiger partial charge in [-0.2, -0.15) is 0 Å². The summed E-state index contributed by atoms with van der Waals surface area (Å²) in [6.07, 6.45) is 1.92. The molecule has 34 heavy (non-hydrogen) atoms. The fraction of sp³-hybridized carbons (Fsp3) is 0.429. The number of halogens is 1. The minimum absolute atomic E-state index is 0.282. The number of benzene rings is 1. The second-order valence-electron chi connectivity index (χ2n) is 7.99. The van der Waals surface area contributed by atoms with Crippen LogP contribution in [-0.4, -0.2) is 50.1 Å². The summed E-state index contributed by atoms with van der Waals surface area (Å²) < 4.78 is 32.3. The summed E-state index contributed by atoms with van der Waals surface area (Å²) in [5.74, 6) is 0.0449. The van der Waals surface area contributed by atoms with E-state index < -0.39 is 25.6 Å².